The summed E-state index contributed by atoms with van der Waals surface area (Å²) >= 11 is 0. The number of amides is 1. The Morgan fingerprint density at radius 2 is 2.31 bits per heavy atom. The standard InChI is InChI=1S/C10H14FN3O2/c1-16-9-3-2-7(11)4-6(9)5-8(12)10(15)14-13/h2-4,8H,5,12-13H2,1H3,(H,14,15). The second-order valence-electron chi connectivity index (χ2n) is 3.28. The molecule has 0 saturated heterocycles. The van der Waals surface area contributed by atoms with Crippen molar-refractivity contribution in [2.24, 2.45) is 11.6 Å². The molecule has 16 heavy (non-hydrogen) atoms. The van der Waals surface area contributed by atoms with Crippen LogP contribution >= 0.6 is 0 Å². The van der Waals surface area contributed by atoms with Crippen LogP contribution in [0.2, 0.25) is 0 Å². The van der Waals surface area contributed by atoms with E-state index < -0.39 is 17.8 Å². The quantitative estimate of drug-likeness (QED) is 0.374. The number of methoxy groups -OCH3 is 1. The second-order valence-corrected chi connectivity index (χ2v) is 3.28. The molecular weight excluding hydrogens is 213 g/mol. The summed E-state index contributed by atoms with van der Waals surface area (Å²) in [5.74, 6) is 4.52. The highest BCUT2D eigenvalue weighted by molar-refractivity contribution is 5.81. The maximum Gasteiger partial charge on any atom is 0.251 e. The summed E-state index contributed by atoms with van der Waals surface area (Å²) < 4.78 is 18.0. The molecule has 1 amide bonds. The number of hydrazine groups is 1. The summed E-state index contributed by atoms with van der Waals surface area (Å²) in [6.07, 6.45) is 0.157. The van der Waals surface area contributed by atoms with Crippen LogP contribution in [-0.4, -0.2) is 19.1 Å². The van der Waals surface area contributed by atoms with E-state index in [0.717, 1.165) is 0 Å². The number of carbonyl (C=O) groups excluding carboxylic acids is 1. The van der Waals surface area contributed by atoms with Crippen molar-refractivity contribution in [3.05, 3.63) is 29.6 Å². The van der Waals surface area contributed by atoms with E-state index in [1.807, 2.05) is 5.43 Å². The lowest BCUT2D eigenvalue weighted by molar-refractivity contribution is -0.122. The van der Waals surface area contributed by atoms with Gasteiger partial charge >= 0.3 is 0 Å². The minimum Gasteiger partial charge on any atom is -0.496 e. The summed E-state index contributed by atoms with van der Waals surface area (Å²) in [6.45, 7) is 0. The van der Waals surface area contributed by atoms with E-state index in [1.165, 1.54) is 25.3 Å². The molecule has 0 aliphatic rings. The Labute approximate surface area is 92.5 Å². The summed E-state index contributed by atoms with van der Waals surface area (Å²) in [7, 11) is 1.46. The zero-order chi connectivity index (χ0) is 12.1. The third-order valence-electron chi connectivity index (χ3n) is 2.16. The van der Waals surface area contributed by atoms with E-state index in [1.54, 1.807) is 0 Å². The molecule has 0 aliphatic carbocycles. The molecule has 0 bridgehead atoms. The summed E-state index contributed by atoms with van der Waals surface area (Å²) in [5, 5.41) is 0. The normalized spacial score (nSPS) is 12.0. The SMILES string of the molecule is COc1ccc(F)cc1CC(N)C(=O)NN. The van der Waals surface area contributed by atoms with E-state index in [-0.39, 0.29) is 6.42 Å². The lowest BCUT2D eigenvalue weighted by atomic mass is 10.0. The van der Waals surface area contributed by atoms with E-state index in [0.29, 0.717) is 11.3 Å². The number of hydrogen-bond acceptors (Lipinski definition) is 4. The average molecular weight is 227 g/mol. The fourth-order valence-electron chi connectivity index (χ4n) is 1.34. The van der Waals surface area contributed by atoms with Crippen LogP contribution in [0.15, 0.2) is 18.2 Å². The van der Waals surface area contributed by atoms with Crippen LogP contribution < -0.4 is 21.7 Å². The molecule has 6 heteroatoms. The molecule has 0 heterocycles. The van der Waals surface area contributed by atoms with Crippen LogP contribution in [-0.2, 0) is 11.2 Å². The minimum absolute atomic E-state index is 0.157. The van der Waals surface area contributed by atoms with Crippen molar-refractivity contribution in [2.75, 3.05) is 7.11 Å². The van der Waals surface area contributed by atoms with Crippen LogP contribution in [0.1, 0.15) is 5.56 Å². The van der Waals surface area contributed by atoms with Gasteiger partial charge in [0.2, 0.25) is 0 Å². The monoisotopic (exact) mass is 227 g/mol. The molecule has 88 valence electrons. The Bertz CT molecular complexity index is 384. The zero-order valence-electron chi connectivity index (χ0n) is 8.87. The van der Waals surface area contributed by atoms with Crippen LogP contribution in [0.5, 0.6) is 5.75 Å². The first-order valence-electron chi connectivity index (χ1n) is 4.67. The van der Waals surface area contributed by atoms with Gasteiger partial charge in [0.15, 0.2) is 0 Å². The highest BCUT2D eigenvalue weighted by atomic mass is 19.1. The Hall–Kier alpha value is -1.66. The van der Waals surface area contributed by atoms with Gasteiger partial charge in [0.25, 0.3) is 5.91 Å². The molecule has 0 radical (unpaired) electrons. The summed E-state index contributed by atoms with van der Waals surface area (Å²) in [5.41, 5.74) is 8.03. The topological polar surface area (TPSA) is 90.4 Å². The lowest BCUT2D eigenvalue weighted by Gasteiger charge is -2.12. The van der Waals surface area contributed by atoms with Crippen molar-refractivity contribution in [3.63, 3.8) is 0 Å². The number of hydrogen-bond donors (Lipinski definition) is 3. The lowest BCUT2D eigenvalue weighted by Crippen LogP contribution is -2.45. The van der Waals surface area contributed by atoms with Gasteiger partial charge in [-0.1, -0.05) is 0 Å². The van der Waals surface area contributed by atoms with E-state index in [9.17, 15) is 9.18 Å². The van der Waals surface area contributed by atoms with Gasteiger partial charge in [-0.15, -0.1) is 0 Å². The fourth-order valence-corrected chi connectivity index (χ4v) is 1.34. The highest BCUT2D eigenvalue weighted by Crippen LogP contribution is 2.20. The minimum atomic E-state index is -0.833. The zero-order valence-corrected chi connectivity index (χ0v) is 8.87. The Balaban J connectivity index is 2.86. The molecule has 1 aromatic carbocycles. The fraction of sp³-hybridized carbons (Fsp3) is 0.300. The number of benzene rings is 1. The predicted octanol–water partition coefficient (Wildman–Crippen LogP) is -0.306. The van der Waals surface area contributed by atoms with Crippen LogP contribution in [0.25, 0.3) is 0 Å². The van der Waals surface area contributed by atoms with Crippen molar-refractivity contribution < 1.29 is 13.9 Å². The van der Waals surface area contributed by atoms with Gasteiger partial charge in [-0.2, -0.15) is 0 Å². The third-order valence-corrected chi connectivity index (χ3v) is 2.16. The molecular formula is C10H14FN3O2. The van der Waals surface area contributed by atoms with Crippen LogP contribution in [0, 0.1) is 5.82 Å². The molecule has 0 fully saturated rings. The van der Waals surface area contributed by atoms with E-state index in [2.05, 4.69) is 0 Å². The number of nitrogens with one attached hydrogen (secondary N) is 1. The number of nitrogens with two attached hydrogens (primary N) is 2. The summed E-state index contributed by atoms with van der Waals surface area (Å²) in [4.78, 5) is 11.1. The first-order valence-corrected chi connectivity index (χ1v) is 4.67. The molecule has 1 atom stereocenters. The molecule has 0 saturated carbocycles. The number of ether oxygens (including phenoxy) is 1. The maximum atomic E-state index is 13.0. The molecule has 0 aromatic heterocycles. The Kier molecular flexibility index (Phi) is 4.21. The molecule has 1 aromatic rings. The van der Waals surface area contributed by atoms with E-state index in [4.69, 9.17) is 16.3 Å². The van der Waals surface area contributed by atoms with Gasteiger partial charge in [-0.25, -0.2) is 10.2 Å². The molecule has 1 rings (SSSR count). The molecule has 1 unspecified atom stereocenters. The maximum absolute atomic E-state index is 13.0. The first kappa shape index (κ1) is 12.4. The molecule has 5 N–H and O–H groups in total. The Morgan fingerprint density at radius 1 is 1.62 bits per heavy atom. The molecule has 0 aliphatic heterocycles. The van der Waals surface area contributed by atoms with Gasteiger partial charge in [0.05, 0.1) is 13.2 Å². The van der Waals surface area contributed by atoms with Crippen molar-refractivity contribution in [1.29, 1.82) is 0 Å². The predicted molar refractivity (Wildman–Crippen MR) is 57.0 cm³/mol. The average Bonchev–Trinajstić information content (AvgIpc) is 2.28. The van der Waals surface area contributed by atoms with Crippen LogP contribution in [0.4, 0.5) is 4.39 Å². The van der Waals surface area contributed by atoms with Crippen molar-refractivity contribution in [1.82, 2.24) is 5.43 Å². The van der Waals surface area contributed by atoms with Crippen LogP contribution in [0.3, 0.4) is 0 Å². The smallest absolute Gasteiger partial charge is 0.251 e. The summed E-state index contributed by atoms with van der Waals surface area (Å²) in [6, 6.07) is 3.21. The number of carbonyl (C=O) groups is 1. The Morgan fingerprint density at radius 3 is 2.88 bits per heavy atom. The highest BCUT2D eigenvalue weighted by Gasteiger charge is 2.15. The van der Waals surface area contributed by atoms with Gasteiger partial charge in [-0.3, -0.25) is 10.2 Å². The van der Waals surface area contributed by atoms with Crippen molar-refractivity contribution in [3.8, 4) is 5.75 Å². The van der Waals surface area contributed by atoms with Gasteiger partial charge in [0, 0.05) is 6.42 Å². The van der Waals surface area contributed by atoms with E-state index >= 15 is 0 Å². The first-order chi connectivity index (χ1) is 7.58. The van der Waals surface area contributed by atoms with Gasteiger partial charge in [-0.05, 0) is 23.8 Å². The van der Waals surface area contributed by atoms with Crippen molar-refractivity contribution in [2.45, 2.75) is 12.5 Å². The van der Waals surface area contributed by atoms with Gasteiger partial charge < -0.3 is 10.5 Å². The number of rotatable bonds is 4. The number of halogens is 1. The molecule has 5 nitrogen and oxygen atoms in total. The van der Waals surface area contributed by atoms with Gasteiger partial charge in [0.1, 0.15) is 11.6 Å². The molecule has 0 spiro atoms. The second kappa shape index (κ2) is 5.43. The third kappa shape index (κ3) is 2.91. The van der Waals surface area contributed by atoms with Crippen molar-refractivity contribution >= 4 is 5.91 Å². The largest absolute Gasteiger partial charge is 0.496 e.